The Hall–Kier alpha value is -0.730. The number of carbonyl (C=O) groups excluding carboxylic acids is 1. The van der Waals surface area contributed by atoms with Gasteiger partial charge >= 0.3 is 0 Å². The number of amides is 1. The lowest BCUT2D eigenvalue weighted by Gasteiger charge is -2.26. The predicted molar refractivity (Wildman–Crippen MR) is 50.1 cm³/mol. The van der Waals surface area contributed by atoms with Gasteiger partial charge in [-0.1, -0.05) is 0 Å². The molecule has 0 saturated carbocycles. The minimum atomic E-state index is 0.131. The second-order valence-electron chi connectivity index (χ2n) is 2.68. The molecule has 0 atom stereocenters. The Morgan fingerprint density at radius 2 is 2.23 bits per heavy atom. The van der Waals surface area contributed by atoms with Crippen molar-refractivity contribution in [2.24, 2.45) is 0 Å². The van der Waals surface area contributed by atoms with Crippen LogP contribution in [0.5, 0.6) is 0 Å². The highest BCUT2D eigenvalue weighted by Crippen LogP contribution is 2.04. The van der Waals surface area contributed by atoms with Crippen LogP contribution in [-0.2, 0) is 9.53 Å². The van der Waals surface area contributed by atoms with Gasteiger partial charge in [-0.3, -0.25) is 4.79 Å². The van der Waals surface area contributed by atoms with Crippen molar-refractivity contribution in [1.82, 2.24) is 4.90 Å². The fourth-order valence-electron chi connectivity index (χ4n) is 1.15. The molecule has 1 aliphatic rings. The lowest BCUT2D eigenvalue weighted by molar-refractivity contribution is -0.134. The van der Waals surface area contributed by atoms with E-state index in [1.807, 2.05) is 5.40 Å². The van der Waals surface area contributed by atoms with Gasteiger partial charge in [-0.25, -0.2) is 0 Å². The van der Waals surface area contributed by atoms with Crippen molar-refractivity contribution in [1.29, 1.82) is 5.26 Å². The Bertz CT molecular complexity index is 209. The lowest BCUT2D eigenvalue weighted by atomic mass is 10.3. The van der Waals surface area contributed by atoms with E-state index in [-0.39, 0.29) is 5.91 Å². The van der Waals surface area contributed by atoms with E-state index < -0.39 is 0 Å². The zero-order chi connectivity index (χ0) is 9.52. The third kappa shape index (κ3) is 3.66. The van der Waals surface area contributed by atoms with E-state index in [1.54, 1.807) is 4.90 Å². The predicted octanol–water partition coefficient (Wildman–Crippen LogP) is 0.450. The minimum absolute atomic E-state index is 0.131. The first-order valence-corrected chi connectivity index (χ1v) is 5.19. The number of nitrogens with zero attached hydrogens (tertiary/aromatic N) is 2. The highest BCUT2D eigenvalue weighted by molar-refractivity contribution is 8.03. The van der Waals surface area contributed by atoms with Crippen molar-refractivity contribution >= 4 is 17.7 Å². The molecule has 0 aromatic rings. The van der Waals surface area contributed by atoms with Crippen molar-refractivity contribution in [2.75, 3.05) is 32.1 Å². The van der Waals surface area contributed by atoms with E-state index in [0.717, 1.165) is 11.8 Å². The standard InChI is InChI=1S/C8H12N2O2S/c9-7-13-6-1-8(11)10-2-4-12-5-3-10/h1-6H2. The molecule has 1 saturated heterocycles. The second-order valence-corrected chi connectivity index (χ2v) is 3.56. The molecule has 0 bridgehead atoms. The molecule has 72 valence electrons. The topological polar surface area (TPSA) is 53.3 Å². The van der Waals surface area contributed by atoms with Crippen LogP contribution in [0.2, 0.25) is 0 Å². The monoisotopic (exact) mass is 200 g/mol. The molecule has 0 spiro atoms. The van der Waals surface area contributed by atoms with Gasteiger partial charge in [0.2, 0.25) is 5.91 Å². The van der Waals surface area contributed by atoms with Crippen molar-refractivity contribution in [3.63, 3.8) is 0 Å². The fourth-order valence-corrected chi connectivity index (χ4v) is 1.52. The van der Waals surface area contributed by atoms with Crippen LogP contribution in [0.25, 0.3) is 0 Å². The van der Waals surface area contributed by atoms with Gasteiger partial charge in [0.15, 0.2) is 0 Å². The first kappa shape index (κ1) is 10.4. The Morgan fingerprint density at radius 3 is 2.85 bits per heavy atom. The molecule has 1 heterocycles. The largest absolute Gasteiger partial charge is 0.378 e. The first-order chi connectivity index (χ1) is 6.34. The summed E-state index contributed by atoms with van der Waals surface area (Å²) in [6.07, 6.45) is 0.457. The molecule has 1 aliphatic heterocycles. The van der Waals surface area contributed by atoms with Gasteiger partial charge in [0.1, 0.15) is 5.40 Å². The van der Waals surface area contributed by atoms with Gasteiger partial charge in [-0.05, 0) is 11.8 Å². The smallest absolute Gasteiger partial charge is 0.223 e. The van der Waals surface area contributed by atoms with Crippen molar-refractivity contribution in [3.8, 4) is 5.40 Å². The molecule has 13 heavy (non-hydrogen) atoms. The van der Waals surface area contributed by atoms with E-state index >= 15 is 0 Å². The van der Waals surface area contributed by atoms with Crippen LogP contribution < -0.4 is 0 Å². The van der Waals surface area contributed by atoms with Crippen molar-refractivity contribution in [3.05, 3.63) is 0 Å². The number of carbonyl (C=O) groups is 1. The minimum Gasteiger partial charge on any atom is -0.378 e. The summed E-state index contributed by atoms with van der Waals surface area (Å²) in [6.45, 7) is 2.65. The Labute approximate surface area is 81.8 Å². The summed E-state index contributed by atoms with van der Waals surface area (Å²) >= 11 is 1.13. The SMILES string of the molecule is N#CSCCC(=O)N1CCOCC1. The Balaban J connectivity index is 2.18. The highest BCUT2D eigenvalue weighted by atomic mass is 32.2. The van der Waals surface area contributed by atoms with Gasteiger partial charge in [0, 0.05) is 25.3 Å². The number of rotatable bonds is 3. The van der Waals surface area contributed by atoms with E-state index in [4.69, 9.17) is 10.00 Å². The van der Waals surface area contributed by atoms with Gasteiger partial charge in [0.25, 0.3) is 0 Å². The van der Waals surface area contributed by atoms with Crippen LogP contribution in [0, 0.1) is 10.7 Å². The Morgan fingerprint density at radius 1 is 1.54 bits per heavy atom. The van der Waals surface area contributed by atoms with Gasteiger partial charge in [0.05, 0.1) is 13.2 Å². The van der Waals surface area contributed by atoms with Crippen LogP contribution in [0.15, 0.2) is 0 Å². The molecule has 1 rings (SSSR count). The highest BCUT2D eigenvalue weighted by Gasteiger charge is 2.15. The number of morpholine rings is 1. The molecule has 1 amide bonds. The summed E-state index contributed by atoms with van der Waals surface area (Å²) < 4.78 is 5.12. The first-order valence-electron chi connectivity index (χ1n) is 4.21. The molecular weight excluding hydrogens is 188 g/mol. The summed E-state index contributed by atoms with van der Waals surface area (Å²) in [5, 5.41) is 10.2. The molecule has 0 unspecified atom stereocenters. The third-order valence-corrected chi connectivity index (χ3v) is 2.38. The van der Waals surface area contributed by atoms with Crippen LogP contribution in [0.3, 0.4) is 0 Å². The molecule has 0 radical (unpaired) electrons. The normalized spacial score (nSPS) is 16.7. The summed E-state index contributed by atoms with van der Waals surface area (Å²) in [5.74, 6) is 0.721. The molecule has 1 fully saturated rings. The zero-order valence-corrected chi connectivity index (χ0v) is 8.18. The number of thiocyanates is 1. The number of ether oxygens (including phenoxy) is 1. The average Bonchev–Trinajstić information content (AvgIpc) is 2.19. The quantitative estimate of drug-likeness (QED) is 0.490. The van der Waals surface area contributed by atoms with Crippen LogP contribution in [0.1, 0.15) is 6.42 Å². The van der Waals surface area contributed by atoms with Crippen molar-refractivity contribution < 1.29 is 9.53 Å². The van der Waals surface area contributed by atoms with Gasteiger partial charge in [-0.2, -0.15) is 5.26 Å². The maximum Gasteiger partial charge on any atom is 0.223 e. The molecule has 0 aromatic heterocycles. The summed E-state index contributed by atoms with van der Waals surface area (Å²) in [6, 6.07) is 0. The van der Waals surface area contributed by atoms with Gasteiger partial charge < -0.3 is 9.64 Å². The van der Waals surface area contributed by atoms with Crippen LogP contribution in [-0.4, -0.2) is 42.9 Å². The van der Waals surface area contributed by atoms with E-state index in [1.165, 1.54) is 0 Å². The molecular formula is C8H12N2O2S. The molecule has 0 aliphatic carbocycles. The molecule has 4 nitrogen and oxygen atoms in total. The van der Waals surface area contributed by atoms with Crippen LogP contribution >= 0.6 is 11.8 Å². The number of thioether (sulfide) groups is 1. The summed E-state index contributed by atoms with van der Waals surface area (Å²) in [4.78, 5) is 13.2. The van der Waals surface area contributed by atoms with Crippen LogP contribution in [0.4, 0.5) is 0 Å². The van der Waals surface area contributed by atoms with E-state index in [9.17, 15) is 4.79 Å². The molecule has 0 N–H and O–H groups in total. The fraction of sp³-hybridized carbons (Fsp3) is 0.750. The van der Waals surface area contributed by atoms with Gasteiger partial charge in [-0.15, -0.1) is 0 Å². The maximum atomic E-state index is 11.4. The number of hydrogen-bond acceptors (Lipinski definition) is 4. The molecule has 0 aromatic carbocycles. The van der Waals surface area contributed by atoms with E-state index in [0.29, 0.717) is 38.5 Å². The zero-order valence-electron chi connectivity index (χ0n) is 7.36. The number of nitriles is 1. The summed E-state index contributed by atoms with van der Waals surface area (Å²) in [5.41, 5.74) is 0. The maximum absolute atomic E-state index is 11.4. The van der Waals surface area contributed by atoms with Crippen molar-refractivity contribution in [2.45, 2.75) is 6.42 Å². The van der Waals surface area contributed by atoms with E-state index in [2.05, 4.69) is 0 Å². The number of hydrogen-bond donors (Lipinski definition) is 0. The second kappa shape index (κ2) is 5.84. The average molecular weight is 200 g/mol. The molecule has 5 heteroatoms. The Kier molecular flexibility index (Phi) is 4.65. The third-order valence-electron chi connectivity index (χ3n) is 1.85. The summed E-state index contributed by atoms with van der Waals surface area (Å²) in [7, 11) is 0. The lowest BCUT2D eigenvalue weighted by Crippen LogP contribution is -2.40.